The Labute approximate surface area is 124 Å². The van der Waals surface area contributed by atoms with Gasteiger partial charge in [0.1, 0.15) is 0 Å². The SMILES string of the molecule is COC(=O)c1sc(Nc2ccc(S(N)(=O)=O)cc2)nc1N. The van der Waals surface area contributed by atoms with E-state index >= 15 is 0 Å². The van der Waals surface area contributed by atoms with Gasteiger partial charge in [0.15, 0.2) is 15.8 Å². The minimum atomic E-state index is -3.73. The molecule has 0 aliphatic heterocycles. The van der Waals surface area contributed by atoms with Crippen molar-refractivity contribution in [2.75, 3.05) is 18.2 Å². The number of hydrogen-bond acceptors (Lipinski definition) is 8. The van der Waals surface area contributed by atoms with Gasteiger partial charge in [-0.15, -0.1) is 0 Å². The first-order chi connectivity index (χ1) is 9.81. The molecule has 1 heterocycles. The van der Waals surface area contributed by atoms with Crippen molar-refractivity contribution in [1.29, 1.82) is 0 Å². The number of carbonyl (C=O) groups excluding carboxylic acids is 1. The lowest BCUT2D eigenvalue weighted by atomic mass is 10.3. The fraction of sp³-hybridized carbons (Fsp3) is 0.0909. The van der Waals surface area contributed by atoms with E-state index in [2.05, 4.69) is 15.0 Å². The van der Waals surface area contributed by atoms with E-state index in [0.29, 0.717) is 10.8 Å². The summed E-state index contributed by atoms with van der Waals surface area (Å²) < 4.78 is 26.9. The van der Waals surface area contributed by atoms with Gasteiger partial charge < -0.3 is 15.8 Å². The Morgan fingerprint density at radius 3 is 2.48 bits per heavy atom. The molecule has 0 bridgehead atoms. The van der Waals surface area contributed by atoms with Gasteiger partial charge in [-0.25, -0.2) is 23.3 Å². The number of esters is 1. The highest BCUT2D eigenvalue weighted by atomic mass is 32.2. The lowest BCUT2D eigenvalue weighted by Gasteiger charge is -2.03. The van der Waals surface area contributed by atoms with E-state index in [0.717, 1.165) is 11.3 Å². The molecule has 1 aromatic carbocycles. The van der Waals surface area contributed by atoms with Gasteiger partial charge >= 0.3 is 5.97 Å². The van der Waals surface area contributed by atoms with Crippen molar-refractivity contribution in [3.05, 3.63) is 29.1 Å². The third-order valence-electron chi connectivity index (χ3n) is 2.46. The van der Waals surface area contributed by atoms with Gasteiger partial charge in [0, 0.05) is 5.69 Å². The monoisotopic (exact) mass is 328 g/mol. The standard InChI is InChI=1S/C11H12N4O4S2/c1-19-10(16)8-9(12)15-11(20-8)14-6-2-4-7(5-3-6)21(13,17)18/h2-5H,12H2,1H3,(H,14,15)(H2,13,17,18). The zero-order valence-electron chi connectivity index (χ0n) is 10.9. The van der Waals surface area contributed by atoms with Crippen molar-refractivity contribution in [2.24, 2.45) is 5.14 Å². The van der Waals surface area contributed by atoms with Gasteiger partial charge in [-0.05, 0) is 24.3 Å². The van der Waals surface area contributed by atoms with Crippen LogP contribution in [-0.4, -0.2) is 26.5 Å². The number of hydrogen-bond donors (Lipinski definition) is 3. The summed E-state index contributed by atoms with van der Waals surface area (Å²) in [5, 5.41) is 8.30. The van der Waals surface area contributed by atoms with Crippen molar-refractivity contribution < 1.29 is 17.9 Å². The number of carbonyl (C=O) groups is 1. The number of aromatic nitrogens is 1. The Kier molecular flexibility index (Phi) is 4.11. The van der Waals surface area contributed by atoms with E-state index in [1.54, 1.807) is 0 Å². The molecule has 0 saturated carbocycles. The first kappa shape index (κ1) is 15.2. The smallest absolute Gasteiger partial charge is 0.351 e. The molecular formula is C11H12N4O4S2. The molecule has 10 heteroatoms. The fourth-order valence-electron chi connectivity index (χ4n) is 1.48. The lowest BCUT2D eigenvalue weighted by Crippen LogP contribution is -2.11. The Bertz CT molecular complexity index is 768. The Hall–Kier alpha value is -2.17. The molecule has 21 heavy (non-hydrogen) atoms. The minimum absolute atomic E-state index is 0.00181. The zero-order chi connectivity index (χ0) is 15.6. The molecule has 2 rings (SSSR count). The van der Waals surface area contributed by atoms with Crippen molar-refractivity contribution >= 4 is 44.0 Å². The molecule has 112 valence electrons. The molecule has 0 spiro atoms. The van der Waals surface area contributed by atoms with Gasteiger partial charge in [0.05, 0.1) is 12.0 Å². The summed E-state index contributed by atoms with van der Waals surface area (Å²) in [7, 11) is -2.48. The third-order valence-corrected chi connectivity index (χ3v) is 4.35. The number of anilines is 3. The molecule has 0 atom stereocenters. The molecule has 1 aromatic heterocycles. The maximum atomic E-state index is 11.4. The molecule has 0 aliphatic rings. The van der Waals surface area contributed by atoms with Crippen LogP contribution in [0.15, 0.2) is 29.2 Å². The second-order valence-electron chi connectivity index (χ2n) is 3.92. The van der Waals surface area contributed by atoms with E-state index < -0.39 is 16.0 Å². The Morgan fingerprint density at radius 1 is 1.33 bits per heavy atom. The molecule has 8 nitrogen and oxygen atoms in total. The average Bonchev–Trinajstić information content (AvgIpc) is 2.78. The predicted molar refractivity (Wildman–Crippen MR) is 79.0 cm³/mol. The van der Waals surface area contributed by atoms with Crippen LogP contribution in [-0.2, 0) is 14.8 Å². The van der Waals surface area contributed by atoms with Crippen LogP contribution in [0, 0.1) is 0 Å². The maximum Gasteiger partial charge on any atom is 0.351 e. The first-order valence-corrected chi connectivity index (χ1v) is 7.92. The highest BCUT2D eigenvalue weighted by Crippen LogP contribution is 2.28. The number of thiazole rings is 1. The number of nitrogen functional groups attached to an aromatic ring is 1. The highest BCUT2D eigenvalue weighted by molar-refractivity contribution is 7.89. The maximum absolute atomic E-state index is 11.4. The minimum Gasteiger partial charge on any atom is -0.465 e. The molecule has 0 fully saturated rings. The van der Waals surface area contributed by atoms with Crippen LogP contribution in [0.1, 0.15) is 9.67 Å². The summed E-state index contributed by atoms with van der Waals surface area (Å²) in [6.07, 6.45) is 0. The largest absolute Gasteiger partial charge is 0.465 e. The zero-order valence-corrected chi connectivity index (χ0v) is 12.5. The van der Waals surface area contributed by atoms with Gasteiger partial charge in [0.25, 0.3) is 0 Å². The van der Waals surface area contributed by atoms with Crippen LogP contribution in [0.25, 0.3) is 0 Å². The lowest BCUT2D eigenvalue weighted by molar-refractivity contribution is 0.0607. The van der Waals surface area contributed by atoms with Crippen LogP contribution in [0.5, 0.6) is 0 Å². The number of nitrogens with two attached hydrogens (primary N) is 2. The number of ether oxygens (including phenoxy) is 1. The van der Waals surface area contributed by atoms with Gasteiger partial charge in [-0.1, -0.05) is 11.3 Å². The number of rotatable bonds is 4. The van der Waals surface area contributed by atoms with E-state index in [1.807, 2.05) is 0 Å². The Morgan fingerprint density at radius 2 is 1.95 bits per heavy atom. The molecule has 0 amide bonds. The second kappa shape index (κ2) is 5.68. The molecule has 0 aliphatic carbocycles. The number of primary sulfonamides is 1. The summed E-state index contributed by atoms with van der Waals surface area (Å²) in [6, 6.07) is 5.76. The summed E-state index contributed by atoms with van der Waals surface area (Å²) in [6.45, 7) is 0. The van der Waals surface area contributed by atoms with Gasteiger partial charge in [-0.3, -0.25) is 0 Å². The van der Waals surface area contributed by atoms with Crippen molar-refractivity contribution in [1.82, 2.24) is 4.98 Å². The average molecular weight is 328 g/mol. The summed E-state index contributed by atoms with van der Waals surface area (Å²) >= 11 is 1.03. The van der Waals surface area contributed by atoms with Crippen LogP contribution in [0.2, 0.25) is 0 Å². The van der Waals surface area contributed by atoms with Crippen molar-refractivity contribution in [3.8, 4) is 0 Å². The van der Waals surface area contributed by atoms with E-state index in [9.17, 15) is 13.2 Å². The van der Waals surface area contributed by atoms with Crippen molar-refractivity contribution in [3.63, 3.8) is 0 Å². The summed E-state index contributed by atoms with van der Waals surface area (Å²) in [4.78, 5) is 15.6. The molecule has 0 saturated heterocycles. The Balaban J connectivity index is 2.21. The topological polar surface area (TPSA) is 137 Å². The first-order valence-electron chi connectivity index (χ1n) is 5.56. The number of methoxy groups -OCH3 is 1. The number of nitrogens with zero attached hydrogens (tertiary/aromatic N) is 1. The molecule has 2 aromatic rings. The van der Waals surface area contributed by atoms with Crippen LogP contribution in [0.4, 0.5) is 16.6 Å². The molecule has 5 N–H and O–H groups in total. The fourth-order valence-corrected chi connectivity index (χ4v) is 2.81. The highest BCUT2D eigenvalue weighted by Gasteiger charge is 2.16. The van der Waals surface area contributed by atoms with Crippen molar-refractivity contribution in [2.45, 2.75) is 4.90 Å². The van der Waals surface area contributed by atoms with Crippen LogP contribution in [0.3, 0.4) is 0 Å². The van der Waals surface area contributed by atoms with Crippen LogP contribution >= 0.6 is 11.3 Å². The third kappa shape index (κ3) is 3.48. The normalized spacial score (nSPS) is 11.1. The van der Waals surface area contributed by atoms with Gasteiger partial charge in [-0.2, -0.15) is 0 Å². The molecular weight excluding hydrogens is 316 g/mol. The molecule has 0 radical (unpaired) electrons. The number of sulfonamides is 1. The number of nitrogens with one attached hydrogen (secondary N) is 1. The predicted octanol–water partition coefficient (Wildman–Crippen LogP) is 0.903. The summed E-state index contributed by atoms with van der Waals surface area (Å²) in [5.41, 5.74) is 6.19. The van der Waals surface area contributed by atoms with E-state index in [4.69, 9.17) is 10.9 Å². The van der Waals surface area contributed by atoms with E-state index in [-0.39, 0.29) is 15.6 Å². The molecule has 0 unspecified atom stereocenters. The second-order valence-corrected chi connectivity index (χ2v) is 6.48. The quantitative estimate of drug-likeness (QED) is 0.709. The van der Waals surface area contributed by atoms with E-state index in [1.165, 1.54) is 31.4 Å². The van der Waals surface area contributed by atoms with Crippen LogP contribution < -0.4 is 16.2 Å². The number of benzene rings is 1. The summed E-state index contributed by atoms with van der Waals surface area (Å²) in [5.74, 6) is -0.502. The van der Waals surface area contributed by atoms with Gasteiger partial charge in [0.2, 0.25) is 10.0 Å².